The molecule has 1 rings (SSSR count). The topological polar surface area (TPSA) is 29.5 Å². The van der Waals surface area contributed by atoms with Crippen LogP contribution in [0.25, 0.3) is 0 Å². The summed E-state index contributed by atoms with van der Waals surface area (Å²) in [5, 5.41) is 9.45. The van der Waals surface area contributed by atoms with Crippen LogP contribution in [-0.2, 0) is 0 Å². The van der Waals surface area contributed by atoms with Crippen LogP contribution in [0.1, 0.15) is 31.4 Å². The lowest BCUT2D eigenvalue weighted by atomic mass is 10.1. The van der Waals surface area contributed by atoms with Crippen molar-refractivity contribution < 1.29 is 14.2 Å². The number of benzene rings is 1. The van der Waals surface area contributed by atoms with Crippen molar-refractivity contribution in [2.75, 3.05) is 6.61 Å². The highest BCUT2D eigenvalue weighted by Crippen LogP contribution is 2.26. The normalized spacial score (nSPS) is 11.9. The first kappa shape index (κ1) is 12.5. The maximum Gasteiger partial charge on any atom is 0.125 e. The summed E-state index contributed by atoms with van der Waals surface area (Å²) < 4.78 is 18.4. The van der Waals surface area contributed by atoms with E-state index in [0.717, 1.165) is 6.42 Å². The summed E-state index contributed by atoms with van der Waals surface area (Å²) in [5.74, 6) is 2.64. The van der Waals surface area contributed by atoms with Crippen molar-refractivity contribution in [3.63, 3.8) is 0 Å². The third-order valence-corrected chi connectivity index (χ3v) is 2.14. The van der Waals surface area contributed by atoms with Crippen molar-refractivity contribution >= 4 is 0 Å². The van der Waals surface area contributed by atoms with Crippen LogP contribution in [0.2, 0.25) is 0 Å². The monoisotopic (exact) mass is 222 g/mol. The summed E-state index contributed by atoms with van der Waals surface area (Å²) >= 11 is 0. The van der Waals surface area contributed by atoms with Crippen LogP contribution in [0.15, 0.2) is 18.2 Å². The Morgan fingerprint density at radius 3 is 2.94 bits per heavy atom. The van der Waals surface area contributed by atoms with Gasteiger partial charge in [-0.05, 0) is 31.5 Å². The molecule has 3 heteroatoms. The molecule has 0 radical (unpaired) electrons. The number of hydrogen-bond donors (Lipinski definition) is 1. The van der Waals surface area contributed by atoms with E-state index >= 15 is 0 Å². The quantitative estimate of drug-likeness (QED) is 0.613. The molecule has 0 aliphatic heterocycles. The SMILES string of the molecule is C#CCCCOc1ccc(F)cc1[C@H](C)O. The molecular weight excluding hydrogens is 207 g/mol. The van der Waals surface area contributed by atoms with Gasteiger partial charge < -0.3 is 9.84 Å². The highest BCUT2D eigenvalue weighted by atomic mass is 19.1. The fourth-order valence-corrected chi connectivity index (χ4v) is 1.33. The molecule has 0 saturated heterocycles. The van der Waals surface area contributed by atoms with Gasteiger partial charge in [-0.3, -0.25) is 0 Å². The van der Waals surface area contributed by atoms with Crippen LogP contribution in [0.4, 0.5) is 4.39 Å². The fourth-order valence-electron chi connectivity index (χ4n) is 1.33. The van der Waals surface area contributed by atoms with Gasteiger partial charge in [0, 0.05) is 12.0 Å². The summed E-state index contributed by atoms with van der Waals surface area (Å²) in [6.45, 7) is 2.04. The molecule has 2 nitrogen and oxygen atoms in total. The van der Waals surface area contributed by atoms with Crippen molar-refractivity contribution in [2.45, 2.75) is 25.9 Å². The zero-order chi connectivity index (χ0) is 12.0. The lowest BCUT2D eigenvalue weighted by molar-refractivity contribution is 0.190. The van der Waals surface area contributed by atoms with Gasteiger partial charge in [-0.2, -0.15) is 0 Å². The van der Waals surface area contributed by atoms with Gasteiger partial charge in [0.15, 0.2) is 0 Å². The predicted molar refractivity (Wildman–Crippen MR) is 60.6 cm³/mol. The number of terminal acetylenes is 1. The minimum atomic E-state index is -0.752. The van der Waals surface area contributed by atoms with E-state index in [1.165, 1.54) is 18.2 Å². The largest absolute Gasteiger partial charge is 0.493 e. The van der Waals surface area contributed by atoms with Gasteiger partial charge in [0.25, 0.3) is 0 Å². The first-order valence-corrected chi connectivity index (χ1v) is 5.19. The van der Waals surface area contributed by atoms with Crippen LogP contribution in [0, 0.1) is 18.2 Å². The number of hydrogen-bond acceptors (Lipinski definition) is 2. The Balaban J connectivity index is 2.68. The summed E-state index contributed by atoms with van der Waals surface area (Å²) in [6.07, 6.45) is 5.75. The maximum atomic E-state index is 13.0. The first-order valence-electron chi connectivity index (χ1n) is 5.19. The Hall–Kier alpha value is -1.53. The van der Waals surface area contributed by atoms with Gasteiger partial charge in [-0.1, -0.05) is 0 Å². The Bertz CT molecular complexity index is 380. The number of unbranched alkanes of at least 4 members (excludes halogenated alkanes) is 1. The first-order chi connectivity index (χ1) is 7.65. The molecule has 0 aromatic heterocycles. The zero-order valence-electron chi connectivity index (χ0n) is 9.24. The summed E-state index contributed by atoms with van der Waals surface area (Å²) in [4.78, 5) is 0. The molecular formula is C13H15FO2. The van der Waals surface area contributed by atoms with Gasteiger partial charge >= 0.3 is 0 Å². The van der Waals surface area contributed by atoms with Gasteiger partial charge in [0.05, 0.1) is 12.7 Å². The second-order valence-corrected chi connectivity index (χ2v) is 3.51. The molecule has 1 atom stereocenters. The minimum Gasteiger partial charge on any atom is -0.493 e. The van der Waals surface area contributed by atoms with E-state index in [-0.39, 0.29) is 5.82 Å². The van der Waals surface area contributed by atoms with Crippen LogP contribution in [-0.4, -0.2) is 11.7 Å². The summed E-state index contributed by atoms with van der Waals surface area (Å²) in [5.41, 5.74) is 0.459. The average molecular weight is 222 g/mol. The van der Waals surface area contributed by atoms with E-state index in [9.17, 15) is 9.50 Å². The van der Waals surface area contributed by atoms with Crippen LogP contribution in [0.5, 0.6) is 5.75 Å². The smallest absolute Gasteiger partial charge is 0.125 e. The number of halogens is 1. The Labute approximate surface area is 95.1 Å². The van der Waals surface area contributed by atoms with Crippen molar-refractivity contribution in [1.82, 2.24) is 0 Å². The fraction of sp³-hybridized carbons (Fsp3) is 0.385. The van der Waals surface area contributed by atoms with E-state index in [0.29, 0.717) is 24.3 Å². The standard InChI is InChI=1S/C13H15FO2/c1-3-4-5-8-16-13-7-6-11(14)9-12(13)10(2)15/h1,6-7,9-10,15H,4-5,8H2,2H3/t10-/m0/s1. The minimum absolute atomic E-state index is 0.383. The van der Waals surface area contributed by atoms with Crippen molar-refractivity contribution in [3.8, 4) is 18.1 Å². The Morgan fingerprint density at radius 2 is 2.31 bits per heavy atom. The second-order valence-electron chi connectivity index (χ2n) is 3.51. The molecule has 0 unspecified atom stereocenters. The van der Waals surface area contributed by atoms with Gasteiger partial charge in [0.1, 0.15) is 11.6 Å². The van der Waals surface area contributed by atoms with E-state index in [1.807, 2.05) is 0 Å². The van der Waals surface area contributed by atoms with Crippen LogP contribution >= 0.6 is 0 Å². The van der Waals surface area contributed by atoms with E-state index in [2.05, 4.69) is 5.92 Å². The number of ether oxygens (including phenoxy) is 1. The predicted octanol–water partition coefficient (Wildman–Crippen LogP) is 2.67. The third kappa shape index (κ3) is 3.56. The summed E-state index contributed by atoms with van der Waals surface area (Å²) in [7, 11) is 0. The van der Waals surface area contributed by atoms with Crippen molar-refractivity contribution in [3.05, 3.63) is 29.6 Å². The Morgan fingerprint density at radius 1 is 1.56 bits per heavy atom. The molecule has 0 spiro atoms. The highest BCUT2D eigenvalue weighted by molar-refractivity contribution is 5.35. The molecule has 0 aliphatic rings. The molecule has 1 aromatic rings. The second kappa shape index (κ2) is 6.14. The molecule has 86 valence electrons. The lowest BCUT2D eigenvalue weighted by Gasteiger charge is -2.13. The zero-order valence-corrected chi connectivity index (χ0v) is 9.24. The number of aliphatic hydroxyl groups excluding tert-OH is 1. The maximum absolute atomic E-state index is 13.0. The molecule has 0 aliphatic carbocycles. The van der Waals surface area contributed by atoms with Crippen LogP contribution < -0.4 is 4.74 Å². The molecule has 0 amide bonds. The molecule has 0 fully saturated rings. The van der Waals surface area contributed by atoms with Gasteiger partial charge in [-0.25, -0.2) is 4.39 Å². The molecule has 0 saturated carbocycles. The molecule has 16 heavy (non-hydrogen) atoms. The lowest BCUT2D eigenvalue weighted by Crippen LogP contribution is -2.02. The third-order valence-electron chi connectivity index (χ3n) is 2.14. The van der Waals surface area contributed by atoms with E-state index < -0.39 is 6.10 Å². The average Bonchev–Trinajstić information content (AvgIpc) is 2.26. The van der Waals surface area contributed by atoms with Gasteiger partial charge in [0.2, 0.25) is 0 Å². The highest BCUT2D eigenvalue weighted by Gasteiger charge is 2.10. The van der Waals surface area contributed by atoms with E-state index in [4.69, 9.17) is 11.2 Å². The van der Waals surface area contributed by atoms with Crippen molar-refractivity contribution in [2.24, 2.45) is 0 Å². The molecule has 0 bridgehead atoms. The van der Waals surface area contributed by atoms with Gasteiger partial charge in [-0.15, -0.1) is 12.3 Å². The molecule has 0 heterocycles. The van der Waals surface area contributed by atoms with E-state index in [1.54, 1.807) is 6.92 Å². The van der Waals surface area contributed by atoms with Crippen molar-refractivity contribution in [1.29, 1.82) is 0 Å². The van der Waals surface area contributed by atoms with Crippen LogP contribution in [0.3, 0.4) is 0 Å². The molecule has 1 aromatic carbocycles. The summed E-state index contributed by atoms with van der Waals surface area (Å²) in [6, 6.07) is 4.11. The Kier molecular flexibility index (Phi) is 4.81. The molecule has 1 N–H and O–H groups in total. The number of rotatable bonds is 5. The number of aliphatic hydroxyl groups is 1.